The highest BCUT2D eigenvalue weighted by molar-refractivity contribution is 6.34. The summed E-state index contributed by atoms with van der Waals surface area (Å²) in [4.78, 5) is 24.0. The molecule has 0 aliphatic carbocycles. The van der Waals surface area contributed by atoms with Gasteiger partial charge in [0.15, 0.2) is 5.76 Å². The number of benzene rings is 2. The topological polar surface area (TPSA) is 71.3 Å². The zero-order chi connectivity index (χ0) is 19.4. The number of anilines is 2. The number of carbonyl (C=O) groups is 2. The van der Waals surface area contributed by atoms with Gasteiger partial charge in [-0.15, -0.1) is 0 Å². The van der Waals surface area contributed by atoms with Crippen molar-refractivity contribution in [1.82, 2.24) is 0 Å². The first-order chi connectivity index (χ1) is 13.0. The fourth-order valence-corrected chi connectivity index (χ4v) is 2.65. The third-order valence-electron chi connectivity index (χ3n) is 3.78. The van der Waals surface area contributed by atoms with Gasteiger partial charge >= 0.3 is 0 Å². The van der Waals surface area contributed by atoms with Gasteiger partial charge < -0.3 is 15.1 Å². The van der Waals surface area contributed by atoms with E-state index in [-0.39, 0.29) is 11.7 Å². The molecular weight excluding hydrogens is 387 g/mol. The molecule has 5 nitrogen and oxygen atoms in total. The summed E-state index contributed by atoms with van der Waals surface area (Å²) in [5, 5.41) is 6.38. The summed E-state index contributed by atoms with van der Waals surface area (Å²) in [6.45, 7) is 1.75. The summed E-state index contributed by atoms with van der Waals surface area (Å²) < 4.78 is 5.63. The number of hydrogen-bond donors (Lipinski definition) is 2. The average molecular weight is 403 g/mol. The van der Waals surface area contributed by atoms with Crippen LogP contribution >= 0.6 is 23.2 Å². The van der Waals surface area contributed by atoms with Gasteiger partial charge in [-0.2, -0.15) is 0 Å². The summed E-state index contributed by atoms with van der Waals surface area (Å²) in [6, 6.07) is 15.2. The maximum atomic E-state index is 12.5. The molecule has 0 bridgehead atoms. The first-order valence-corrected chi connectivity index (χ1v) is 8.98. The summed E-state index contributed by atoms with van der Waals surface area (Å²) in [5.74, 6) is 0.107. The molecule has 0 aliphatic rings. The fourth-order valence-electron chi connectivity index (χ4n) is 2.36. The molecule has 7 heteroatoms. The van der Waals surface area contributed by atoms with Crippen molar-refractivity contribution < 1.29 is 14.0 Å². The quantitative estimate of drug-likeness (QED) is 0.561. The van der Waals surface area contributed by atoms with E-state index in [4.69, 9.17) is 27.6 Å². The minimum absolute atomic E-state index is 0.131. The molecule has 0 aliphatic heterocycles. The Hall–Kier alpha value is -2.76. The van der Waals surface area contributed by atoms with Crippen LogP contribution in [0.25, 0.3) is 11.3 Å². The van der Waals surface area contributed by atoms with Crippen molar-refractivity contribution in [2.45, 2.75) is 13.3 Å². The molecule has 0 unspecified atom stereocenters. The lowest BCUT2D eigenvalue weighted by atomic mass is 10.2. The zero-order valence-corrected chi connectivity index (χ0v) is 15.9. The van der Waals surface area contributed by atoms with Crippen LogP contribution in [0.2, 0.25) is 10.0 Å². The molecular formula is C20H16Cl2N2O3. The minimum Gasteiger partial charge on any atom is -0.451 e. The van der Waals surface area contributed by atoms with Crippen molar-refractivity contribution in [3.05, 3.63) is 70.4 Å². The molecule has 1 aromatic heterocycles. The normalized spacial score (nSPS) is 10.5. The standard InChI is InChI=1S/C20H16Cl2N2O3/c1-2-19(25)23-14-7-8-15(22)16(11-14)24-20(26)18-10-9-17(27-18)12-3-5-13(21)6-4-12/h3-11H,2H2,1H3,(H,23,25)(H,24,26). The Bertz CT molecular complexity index is 981. The predicted molar refractivity (Wildman–Crippen MR) is 107 cm³/mol. The van der Waals surface area contributed by atoms with E-state index in [1.54, 1.807) is 61.5 Å². The van der Waals surface area contributed by atoms with E-state index in [2.05, 4.69) is 10.6 Å². The maximum Gasteiger partial charge on any atom is 0.291 e. The van der Waals surface area contributed by atoms with Gasteiger partial charge in [-0.25, -0.2) is 0 Å². The summed E-state index contributed by atoms with van der Waals surface area (Å²) >= 11 is 12.0. The molecule has 1 heterocycles. The van der Waals surface area contributed by atoms with Crippen molar-refractivity contribution in [2.75, 3.05) is 10.6 Å². The number of halogens is 2. The second-order valence-corrected chi connectivity index (χ2v) is 6.56. The lowest BCUT2D eigenvalue weighted by Crippen LogP contribution is -2.13. The van der Waals surface area contributed by atoms with Crippen LogP contribution in [-0.2, 0) is 4.79 Å². The molecule has 27 heavy (non-hydrogen) atoms. The molecule has 0 saturated heterocycles. The molecule has 3 aromatic rings. The fraction of sp³-hybridized carbons (Fsp3) is 0.100. The second kappa shape index (κ2) is 8.29. The van der Waals surface area contributed by atoms with Crippen LogP contribution in [0, 0.1) is 0 Å². The number of rotatable bonds is 5. The smallest absolute Gasteiger partial charge is 0.291 e. The molecule has 3 rings (SSSR count). The van der Waals surface area contributed by atoms with E-state index in [0.29, 0.717) is 33.6 Å². The highest BCUT2D eigenvalue weighted by Crippen LogP contribution is 2.28. The predicted octanol–water partition coefficient (Wildman–Crippen LogP) is 5.85. The first kappa shape index (κ1) is 19.0. The van der Waals surface area contributed by atoms with E-state index in [9.17, 15) is 9.59 Å². The molecule has 0 atom stereocenters. The molecule has 138 valence electrons. The van der Waals surface area contributed by atoms with Crippen LogP contribution in [0.3, 0.4) is 0 Å². The molecule has 2 N–H and O–H groups in total. The Morgan fingerprint density at radius 1 is 0.963 bits per heavy atom. The van der Waals surface area contributed by atoms with Crippen LogP contribution in [0.4, 0.5) is 11.4 Å². The van der Waals surface area contributed by atoms with Gasteiger partial charge in [0, 0.05) is 22.7 Å². The molecule has 0 fully saturated rings. The summed E-state index contributed by atoms with van der Waals surface area (Å²) in [6.07, 6.45) is 0.351. The summed E-state index contributed by atoms with van der Waals surface area (Å²) in [7, 11) is 0. The zero-order valence-electron chi connectivity index (χ0n) is 14.4. The largest absolute Gasteiger partial charge is 0.451 e. The van der Waals surface area contributed by atoms with Gasteiger partial charge in [0.05, 0.1) is 10.7 Å². The van der Waals surface area contributed by atoms with Crippen LogP contribution in [0.5, 0.6) is 0 Å². The van der Waals surface area contributed by atoms with Gasteiger partial charge in [0.2, 0.25) is 5.91 Å². The van der Waals surface area contributed by atoms with Crippen molar-refractivity contribution in [3.63, 3.8) is 0 Å². The molecule has 0 spiro atoms. The molecule has 0 radical (unpaired) electrons. The Balaban J connectivity index is 1.76. The second-order valence-electron chi connectivity index (χ2n) is 5.72. The Morgan fingerprint density at radius 3 is 2.41 bits per heavy atom. The molecule has 2 aromatic carbocycles. The third-order valence-corrected chi connectivity index (χ3v) is 4.36. The highest BCUT2D eigenvalue weighted by Gasteiger charge is 2.14. The number of furan rings is 1. The van der Waals surface area contributed by atoms with E-state index in [0.717, 1.165) is 5.56 Å². The van der Waals surface area contributed by atoms with Gasteiger partial charge in [-0.3, -0.25) is 9.59 Å². The van der Waals surface area contributed by atoms with Gasteiger partial charge in [0.25, 0.3) is 5.91 Å². The van der Waals surface area contributed by atoms with Crippen molar-refractivity contribution in [2.24, 2.45) is 0 Å². The van der Waals surface area contributed by atoms with E-state index in [1.165, 1.54) is 0 Å². The van der Waals surface area contributed by atoms with E-state index < -0.39 is 5.91 Å². The molecule has 0 saturated carbocycles. The van der Waals surface area contributed by atoms with Crippen LogP contribution in [-0.4, -0.2) is 11.8 Å². The SMILES string of the molecule is CCC(=O)Nc1ccc(Cl)c(NC(=O)c2ccc(-c3ccc(Cl)cc3)o2)c1. The van der Waals surface area contributed by atoms with Gasteiger partial charge in [-0.05, 0) is 54.6 Å². The van der Waals surface area contributed by atoms with Crippen molar-refractivity contribution >= 4 is 46.4 Å². The van der Waals surface area contributed by atoms with Crippen molar-refractivity contribution in [3.8, 4) is 11.3 Å². The Morgan fingerprint density at radius 2 is 1.70 bits per heavy atom. The highest BCUT2D eigenvalue weighted by atomic mass is 35.5. The van der Waals surface area contributed by atoms with Gasteiger partial charge in [0.1, 0.15) is 5.76 Å². The summed E-state index contributed by atoms with van der Waals surface area (Å²) in [5.41, 5.74) is 1.73. The van der Waals surface area contributed by atoms with Gasteiger partial charge in [-0.1, -0.05) is 30.1 Å². The number of carbonyl (C=O) groups excluding carboxylic acids is 2. The third kappa shape index (κ3) is 4.70. The minimum atomic E-state index is -0.448. The lowest BCUT2D eigenvalue weighted by molar-refractivity contribution is -0.115. The number of hydrogen-bond acceptors (Lipinski definition) is 3. The lowest BCUT2D eigenvalue weighted by Gasteiger charge is -2.09. The number of amides is 2. The van der Waals surface area contributed by atoms with Crippen molar-refractivity contribution in [1.29, 1.82) is 0 Å². The van der Waals surface area contributed by atoms with E-state index in [1.807, 2.05) is 0 Å². The number of nitrogens with one attached hydrogen (secondary N) is 2. The van der Waals surface area contributed by atoms with Crippen LogP contribution in [0.15, 0.2) is 59.0 Å². The Labute approximate surface area is 166 Å². The average Bonchev–Trinajstić information content (AvgIpc) is 3.15. The maximum absolute atomic E-state index is 12.5. The van der Waals surface area contributed by atoms with E-state index >= 15 is 0 Å². The Kier molecular flexibility index (Phi) is 5.84. The molecule has 2 amide bonds. The van der Waals surface area contributed by atoms with Crippen LogP contribution in [0.1, 0.15) is 23.9 Å². The van der Waals surface area contributed by atoms with Crippen LogP contribution < -0.4 is 10.6 Å². The monoisotopic (exact) mass is 402 g/mol. The first-order valence-electron chi connectivity index (χ1n) is 8.23.